The number of ether oxygens (including phenoxy) is 7. The molecule has 0 saturated carbocycles. The van der Waals surface area contributed by atoms with E-state index in [1.807, 2.05) is 90.1 Å². The molecule has 0 bridgehead atoms. The smallest absolute Gasteiger partial charge is 0.258 e. The van der Waals surface area contributed by atoms with Gasteiger partial charge < -0.3 is 38.1 Å². The number of carbonyl (C=O) groups is 1. The lowest BCUT2D eigenvalue weighted by molar-refractivity contribution is 0.0958. The highest BCUT2D eigenvalue weighted by molar-refractivity contribution is 6.07. The van der Waals surface area contributed by atoms with Crippen molar-refractivity contribution in [1.82, 2.24) is 9.88 Å². The van der Waals surface area contributed by atoms with E-state index in [-0.39, 0.29) is 11.9 Å². The number of rotatable bonds is 14. The number of piperidine rings is 1. The van der Waals surface area contributed by atoms with Gasteiger partial charge in [-0.2, -0.15) is 0 Å². The molecule has 1 aromatic heterocycles. The molecule has 1 amide bonds. The quantitative estimate of drug-likeness (QED) is 0.112. The van der Waals surface area contributed by atoms with E-state index in [9.17, 15) is 4.79 Å². The predicted molar refractivity (Wildman–Crippen MR) is 209 cm³/mol. The number of benzene rings is 4. The van der Waals surface area contributed by atoms with Gasteiger partial charge in [0.25, 0.3) is 5.91 Å². The number of hydrogen-bond donors (Lipinski definition) is 0. The Balaban J connectivity index is 1.22. The van der Waals surface area contributed by atoms with Crippen LogP contribution in [0, 0.1) is 0 Å². The highest BCUT2D eigenvalue weighted by Crippen LogP contribution is 2.43. The van der Waals surface area contributed by atoms with Gasteiger partial charge in [-0.05, 0) is 102 Å². The van der Waals surface area contributed by atoms with Crippen molar-refractivity contribution in [2.45, 2.75) is 25.4 Å². The van der Waals surface area contributed by atoms with Crippen LogP contribution >= 0.6 is 0 Å². The molecule has 1 saturated heterocycles. The van der Waals surface area contributed by atoms with Gasteiger partial charge in [0.1, 0.15) is 5.75 Å². The Morgan fingerprint density at radius 1 is 0.630 bits per heavy atom. The normalized spacial score (nSPS) is 13.2. The summed E-state index contributed by atoms with van der Waals surface area (Å²) in [5.74, 6) is 3.96. The van der Waals surface area contributed by atoms with Gasteiger partial charge >= 0.3 is 0 Å². The summed E-state index contributed by atoms with van der Waals surface area (Å²) in [7, 11) is 11.2. The molecular weight excluding hydrogens is 686 g/mol. The molecule has 0 radical (unpaired) electrons. The van der Waals surface area contributed by atoms with Crippen LogP contribution in [-0.2, 0) is 6.54 Å². The van der Waals surface area contributed by atoms with Crippen molar-refractivity contribution in [2.24, 2.45) is 0 Å². The predicted octanol–water partition coefficient (Wildman–Crippen LogP) is 7.79. The zero-order valence-electron chi connectivity index (χ0n) is 31.9. The zero-order chi connectivity index (χ0) is 38.2. The molecule has 2 heterocycles. The van der Waals surface area contributed by atoms with E-state index < -0.39 is 0 Å². The summed E-state index contributed by atoms with van der Waals surface area (Å²) < 4.78 is 38.8. The van der Waals surface area contributed by atoms with Crippen LogP contribution in [0.1, 0.15) is 28.8 Å². The van der Waals surface area contributed by atoms with Gasteiger partial charge in [-0.1, -0.05) is 12.1 Å². The van der Waals surface area contributed by atoms with Crippen LogP contribution in [0.15, 0.2) is 91.3 Å². The molecule has 0 N–H and O–H groups in total. The molecule has 0 atom stereocenters. The molecular formula is C43H47N3O8. The third-order valence-corrected chi connectivity index (χ3v) is 9.80. The Bertz CT molecular complexity index is 2010. The monoisotopic (exact) mass is 733 g/mol. The molecule has 0 spiro atoms. The van der Waals surface area contributed by atoms with Gasteiger partial charge in [-0.15, -0.1) is 0 Å². The summed E-state index contributed by atoms with van der Waals surface area (Å²) in [6.45, 7) is 2.35. The Labute approximate surface area is 316 Å². The lowest BCUT2D eigenvalue weighted by Gasteiger charge is -2.38. The van der Waals surface area contributed by atoms with Gasteiger partial charge in [0, 0.05) is 54.9 Å². The largest absolute Gasteiger partial charge is 0.497 e. The van der Waals surface area contributed by atoms with E-state index in [1.165, 1.54) is 0 Å². The summed E-state index contributed by atoms with van der Waals surface area (Å²) in [5, 5.41) is 0. The summed E-state index contributed by atoms with van der Waals surface area (Å²) >= 11 is 0. The van der Waals surface area contributed by atoms with Crippen molar-refractivity contribution in [3.63, 3.8) is 0 Å². The second kappa shape index (κ2) is 17.3. The lowest BCUT2D eigenvalue weighted by Crippen LogP contribution is -2.47. The standard InChI is InChI=1S/C43H47N3O8/c1-48-36-13-11-34(12-14-36)46(43(47)30-10-8-9-29(20-30)31-21-37(49-2)41(53-6)38(22-31)50-3)35-15-17-45(18-16-35)27-28-19-33(26-44-25-28)32-23-39(51-4)42(54-7)40(24-32)52-5/h8-14,19-26,35H,15-18,27H2,1-7H3. The molecule has 0 unspecified atom stereocenters. The Morgan fingerprint density at radius 3 is 1.70 bits per heavy atom. The van der Waals surface area contributed by atoms with Crippen LogP contribution in [-0.4, -0.2) is 84.7 Å². The second-order valence-corrected chi connectivity index (χ2v) is 12.9. The van der Waals surface area contributed by atoms with Crippen molar-refractivity contribution in [3.05, 3.63) is 102 Å². The van der Waals surface area contributed by atoms with E-state index in [2.05, 4.69) is 16.0 Å². The molecule has 4 aromatic carbocycles. The fourth-order valence-electron chi connectivity index (χ4n) is 7.03. The van der Waals surface area contributed by atoms with Crippen molar-refractivity contribution < 1.29 is 38.0 Å². The van der Waals surface area contributed by atoms with Crippen LogP contribution in [0.25, 0.3) is 22.3 Å². The summed E-state index contributed by atoms with van der Waals surface area (Å²) in [5.41, 5.74) is 6.05. The van der Waals surface area contributed by atoms with Crippen LogP contribution < -0.4 is 38.1 Å². The van der Waals surface area contributed by atoms with Crippen LogP contribution in [0.5, 0.6) is 40.2 Å². The fraction of sp³-hybridized carbons (Fsp3) is 0.302. The van der Waals surface area contributed by atoms with E-state index >= 15 is 0 Å². The van der Waals surface area contributed by atoms with Gasteiger partial charge in [0.2, 0.25) is 11.5 Å². The molecule has 54 heavy (non-hydrogen) atoms. The summed E-state index contributed by atoms with van der Waals surface area (Å²) in [4.78, 5) is 23.5. The van der Waals surface area contributed by atoms with Crippen molar-refractivity contribution >= 4 is 11.6 Å². The molecule has 0 aliphatic carbocycles. The molecule has 11 nitrogen and oxygen atoms in total. The zero-order valence-corrected chi connectivity index (χ0v) is 31.9. The lowest BCUT2D eigenvalue weighted by atomic mass is 9.98. The summed E-state index contributed by atoms with van der Waals surface area (Å²) in [6.07, 6.45) is 5.34. The highest BCUT2D eigenvalue weighted by atomic mass is 16.5. The minimum atomic E-state index is -0.0739. The van der Waals surface area contributed by atoms with Crippen LogP contribution in [0.3, 0.4) is 0 Å². The first kappa shape index (κ1) is 37.8. The first-order valence-corrected chi connectivity index (χ1v) is 17.7. The Morgan fingerprint density at radius 2 is 1.19 bits per heavy atom. The first-order chi connectivity index (χ1) is 26.3. The number of anilines is 1. The number of methoxy groups -OCH3 is 7. The van der Waals surface area contributed by atoms with Crippen LogP contribution in [0.2, 0.25) is 0 Å². The van der Waals surface area contributed by atoms with Gasteiger partial charge in [-0.25, -0.2) is 0 Å². The van der Waals surface area contributed by atoms with Crippen LogP contribution in [0.4, 0.5) is 5.69 Å². The number of pyridine rings is 1. The Hall–Kier alpha value is -5.94. The third kappa shape index (κ3) is 8.01. The minimum absolute atomic E-state index is 0.0179. The maximum atomic E-state index is 14.6. The molecule has 1 aliphatic heterocycles. The van der Waals surface area contributed by atoms with E-state index in [0.29, 0.717) is 40.1 Å². The molecule has 6 rings (SSSR count). The number of likely N-dealkylation sites (tertiary alicyclic amines) is 1. The average molecular weight is 734 g/mol. The summed E-state index contributed by atoms with van der Waals surface area (Å²) in [6, 6.07) is 25.1. The van der Waals surface area contributed by atoms with E-state index in [4.69, 9.17) is 33.2 Å². The van der Waals surface area contributed by atoms with Gasteiger partial charge in [0.15, 0.2) is 23.0 Å². The minimum Gasteiger partial charge on any atom is -0.497 e. The average Bonchev–Trinajstić information content (AvgIpc) is 3.23. The highest BCUT2D eigenvalue weighted by Gasteiger charge is 2.30. The molecule has 5 aromatic rings. The second-order valence-electron chi connectivity index (χ2n) is 12.9. The maximum absolute atomic E-state index is 14.6. The van der Waals surface area contributed by atoms with Gasteiger partial charge in [0.05, 0.1) is 49.8 Å². The maximum Gasteiger partial charge on any atom is 0.258 e. The molecule has 282 valence electrons. The fourth-order valence-corrected chi connectivity index (χ4v) is 7.03. The molecule has 1 aliphatic rings. The van der Waals surface area contributed by atoms with E-state index in [1.54, 1.807) is 49.8 Å². The number of hydrogen-bond acceptors (Lipinski definition) is 10. The number of carbonyl (C=O) groups excluding carboxylic acids is 1. The Kier molecular flexibility index (Phi) is 12.1. The van der Waals surface area contributed by atoms with Gasteiger partial charge in [-0.3, -0.25) is 14.7 Å². The number of nitrogens with zero attached hydrogens (tertiary/aromatic N) is 3. The third-order valence-electron chi connectivity index (χ3n) is 9.80. The van der Waals surface area contributed by atoms with E-state index in [0.717, 1.165) is 71.7 Å². The topological polar surface area (TPSA) is 101 Å². The van der Waals surface area contributed by atoms with Crippen molar-refractivity contribution in [3.8, 4) is 62.5 Å². The molecule has 11 heteroatoms. The number of aromatic nitrogens is 1. The molecule has 1 fully saturated rings. The SMILES string of the molecule is COc1ccc(N(C(=O)c2cccc(-c3cc(OC)c(OC)c(OC)c3)c2)C2CCN(Cc3cncc(-c4cc(OC)c(OC)c(OC)c4)c3)CC2)cc1. The van der Waals surface area contributed by atoms with Crippen molar-refractivity contribution in [1.29, 1.82) is 0 Å². The first-order valence-electron chi connectivity index (χ1n) is 17.7. The number of amides is 1. The van der Waals surface area contributed by atoms with Crippen molar-refractivity contribution in [2.75, 3.05) is 67.8 Å².